The maximum Gasteiger partial charge on any atom is 0.0775 e. The lowest BCUT2D eigenvalue weighted by atomic mass is 9.58. The van der Waals surface area contributed by atoms with Crippen molar-refractivity contribution in [1.29, 1.82) is 0 Å². The molecule has 2 aliphatic heterocycles. The molecule has 2 nitrogen and oxygen atoms in total. The van der Waals surface area contributed by atoms with Crippen molar-refractivity contribution in [3.05, 3.63) is 0 Å². The molecule has 0 aromatic rings. The number of fused-ring (bicyclic) bond motifs is 2. The summed E-state index contributed by atoms with van der Waals surface area (Å²) < 4.78 is 0. The van der Waals surface area contributed by atoms with Crippen LogP contribution >= 0.6 is 0 Å². The van der Waals surface area contributed by atoms with E-state index >= 15 is 0 Å². The first-order valence-corrected chi connectivity index (χ1v) is 6.32. The van der Waals surface area contributed by atoms with Gasteiger partial charge in [0.1, 0.15) is 0 Å². The fourth-order valence-electron chi connectivity index (χ4n) is 3.43. The third kappa shape index (κ3) is 1.83. The molecule has 3 rings (SSSR count). The topological polar surface area (TPSA) is 23.5 Å². The van der Waals surface area contributed by atoms with Crippen molar-refractivity contribution in [2.24, 2.45) is 5.92 Å². The summed E-state index contributed by atoms with van der Waals surface area (Å²) in [4.78, 5) is 2.40. The van der Waals surface area contributed by atoms with Gasteiger partial charge in [0, 0.05) is 6.04 Å². The molecule has 2 bridgehead atoms. The smallest absolute Gasteiger partial charge is 0.0775 e. The first kappa shape index (κ1) is 13.0. The number of nitrogens with zero attached hydrogens (tertiary/aromatic N) is 1. The number of hydrogen-bond acceptors (Lipinski definition) is 2. The molecule has 3 atom stereocenters. The van der Waals surface area contributed by atoms with Crippen LogP contribution in [0.25, 0.3) is 0 Å². The molecule has 0 aromatic heterocycles. The lowest BCUT2D eigenvalue weighted by Gasteiger charge is -2.67. The number of piperidine rings is 1. The molecular formula is C13H27NO. The zero-order chi connectivity index (χ0) is 11.9. The third-order valence-corrected chi connectivity index (χ3v) is 4.30. The van der Waals surface area contributed by atoms with Crippen molar-refractivity contribution < 1.29 is 5.11 Å². The molecule has 15 heavy (non-hydrogen) atoms. The van der Waals surface area contributed by atoms with Gasteiger partial charge >= 0.3 is 0 Å². The van der Waals surface area contributed by atoms with E-state index in [1.54, 1.807) is 0 Å². The first-order chi connectivity index (χ1) is 6.87. The van der Waals surface area contributed by atoms with Crippen LogP contribution < -0.4 is 0 Å². The molecule has 1 saturated carbocycles. The van der Waals surface area contributed by atoms with Crippen LogP contribution in [0.2, 0.25) is 0 Å². The van der Waals surface area contributed by atoms with Crippen LogP contribution in [0.15, 0.2) is 0 Å². The lowest BCUT2D eigenvalue weighted by Crippen LogP contribution is -2.76. The minimum absolute atomic E-state index is 0.0787. The van der Waals surface area contributed by atoms with E-state index in [9.17, 15) is 5.11 Å². The van der Waals surface area contributed by atoms with Crippen LogP contribution in [0.5, 0.6) is 0 Å². The number of hydrogen-bond donors (Lipinski definition) is 1. The van der Waals surface area contributed by atoms with Crippen LogP contribution in [0.3, 0.4) is 0 Å². The van der Waals surface area contributed by atoms with Crippen LogP contribution in [0.4, 0.5) is 0 Å². The molecule has 0 amide bonds. The van der Waals surface area contributed by atoms with Gasteiger partial charge in [0.05, 0.1) is 11.1 Å². The summed E-state index contributed by atoms with van der Waals surface area (Å²) in [6.45, 7) is 10.2. The highest BCUT2D eigenvalue weighted by molar-refractivity contribution is 5.16. The van der Waals surface area contributed by atoms with Crippen molar-refractivity contribution >= 4 is 0 Å². The van der Waals surface area contributed by atoms with Crippen molar-refractivity contribution in [2.75, 3.05) is 7.05 Å². The van der Waals surface area contributed by atoms with Crippen LogP contribution in [0, 0.1) is 5.92 Å². The molecule has 2 heterocycles. The fraction of sp³-hybridized carbons (Fsp3) is 1.00. The van der Waals surface area contributed by atoms with Gasteiger partial charge < -0.3 is 5.11 Å². The molecule has 1 aliphatic carbocycles. The van der Waals surface area contributed by atoms with Gasteiger partial charge in [0.15, 0.2) is 0 Å². The summed E-state index contributed by atoms with van der Waals surface area (Å²) in [6.07, 6.45) is 3.66. The highest BCUT2D eigenvalue weighted by Crippen LogP contribution is 2.53. The summed E-state index contributed by atoms with van der Waals surface area (Å²) in [5.74, 6) is 0.779. The van der Waals surface area contributed by atoms with Gasteiger partial charge in [-0.25, -0.2) is 0 Å². The average molecular weight is 213 g/mol. The van der Waals surface area contributed by atoms with E-state index in [2.05, 4.69) is 18.9 Å². The summed E-state index contributed by atoms with van der Waals surface area (Å²) in [7, 11) is 2.16. The summed E-state index contributed by atoms with van der Waals surface area (Å²) in [5.41, 5.74) is -0.470. The van der Waals surface area contributed by atoms with Gasteiger partial charge in [-0.05, 0) is 46.1 Å². The van der Waals surface area contributed by atoms with E-state index in [1.807, 2.05) is 27.7 Å². The van der Waals surface area contributed by atoms with E-state index in [1.165, 1.54) is 12.8 Å². The van der Waals surface area contributed by atoms with Gasteiger partial charge in [-0.15, -0.1) is 0 Å². The molecule has 3 unspecified atom stereocenters. The quantitative estimate of drug-likeness (QED) is 0.724. The Hall–Kier alpha value is -0.0800. The second-order valence-corrected chi connectivity index (χ2v) is 5.60. The Balaban J connectivity index is 0.000000531. The molecule has 2 saturated heterocycles. The molecule has 0 aromatic carbocycles. The maximum atomic E-state index is 10.2. The zero-order valence-corrected chi connectivity index (χ0v) is 11.2. The lowest BCUT2D eigenvalue weighted by molar-refractivity contribution is -0.206. The van der Waals surface area contributed by atoms with E-state index < -0.39 is 5.60 Å². The molecule has 0 spiro atoms. The van der Waals surface area contributed by atoms with Gasteiger partial charge in [-0.3, -0.25) is 4.90 Å². The van der Waals surface area contributed by atoms with Crippen LogP contribution in [0.1, 0.15) is 53.9 Å². The highest BCUT2D eigenvalue weighted by atomic mass is 16.3. The molecule has 90 valence electrons. The van der Waals surface area contributed by atoms with Gasteiger partial charge in [0.2, 0.25) is 0 Å². The van der Waals surface area contributed by atoms with Crippen LogP contribution in [-0.2, 0) is 0 Å². The van der Waals surface area contributed by atoms with Crippen molar-refractivity contribution in [3.8, 4) is 0 Å². The summed E-state index contributed by atoms with van der Waals surface area (Å²) in [6, 6.07) is 0.732. The minimum atomic E-state index is -0.549. The van der Waals surface area contributed by atoms with Crippen molar-refractivity contribution in [1.82, 2.24) is 4.90 Å². The predicted molar refractivity (Wildman–Crippen MR) is 64.9 cm³/mol. The Kier molecular flexibility index (Phi) is 3.52. The monoisotopic (exact) mass is 213 g/mol. The van der Waals surface area contributed by atoms with Gasteiger partial charge in [-0.2, -0.15) is 0 Å². The largest absolute Gasteiger partial charge is 0.389 e. The molecule has 2 heteroatoms. The molecular weight excluding hydrogens is 186 g/mol. The molecule has 0 radical (unpaired) electrons. The SMILES string of the molecule is CC.CC1CC2CC(C(C)(C)O)(C1)N2C. The highest BCUT2D eigenvalue weighted by Gasteiger charge is 2.60. The number of rotatable bonds is 1. The Morgan fingerprint density at radius 1 is 1.27 bits per heavy atom. The summed E-state index contributed by atoms with van der Waals surface area (Å²) in [5, 5.41) is 10.2. The first-order valence-electron chi connectivity index (χ1n) is 6.32. The standard InChI is InChI=1S/C11H21NO.C2H6/c1-8-5-9-7-11(6-8,12(9)4)10(2,3)13;1-2/h8-9,13H,5-7H2,1-4H3;1-2H3. The van der Waals surface area contributed by atoms with Crippen molar-refractivity contribution in [2.45, 2.75) is 71.1 Å². The molecule has 3 fully saturated rings. The average Bonchev–Trinajstić information content (AvgIpc) is 2.18. The number of aliphatic hydroxyl groups is 1. The van der Waals surface area contributed by atoms with E-state index in [-0.39, 0.29) is 5.54 Å². The van der Waals surface area contributed by atoms with E-state index in [0.29, 0.717) is 0 Å². The Morgan fingerprint density at radius 2 is 1.80 bits per heavy atom. The fourth-order valence-corrected chi connectivity index (χ4v) is 3.43. The third-order valence-electron chi connectivity index (χ3n) is 4.30. The Morgan fingerprint density at radius 3 is 2.13 bits per heavy atom. The maximum absolute atomic E-state index is 10.2. The minimum Gasteiger partial charge on any atom is -0.389 e. The zero-order valence-electron chi connectivity index (χ0n) is 11.2. The summed E-state index contributed by atoms with van der Waals surface area (Å²) >= 11 is 0. The normalized spacial score (nSPS) is 40.2. The van der Waals surface area contributed by atoms with Gasteiger partial charge in [-0.1, -0.05) is 20.8 Å². The van der Waals surface area contributed by atoms with Crippen molar-refractivity contribution in [3.63, 3.8) is 0 Å². The van der Waals surface area contributed by atoms with Crippen LogP contribution in [-0.4, -0.2) is 34.2 Å². The molecule has 1 N–H and O–H groups in total. The van der Waals surface area contributed by atoms with Gasteiger partial charge in [0.25, 0.3) is 0 Å². The number of likely N-dealkylation sites (N-methyl/N-ethyl adjacent to an activating group) is 1. The molecule has 3 aliphatic rings. The van der Waals surface area contributed by atoms with E-state index in [0.717, 1.165) is 18.4 Å². The second kappa shape index (κ2) is 4.06. The Bertz CT molecular complexity index is 221. The van der Waals surface area contributed by atoms with E-state index in [4.69, 9.17) is 0 Å². The predicted octanol–water partition coefficient (Wildman–Crippen LogP) is 2.66. The Labute approximate surface area is 94.7 Å². The second-order valence-electron chi connectivity index (χ2n) is 5.60.